The van der Waals surface area contributed by atoms with Crippen LogP contribution in [-0.2, 0) is 27.4 Å². The molecule has 0 saturated carbocycles. The van der Waals surface area contributed by atoms with E-state index in [0.717, 1.165) is 25.3 Å². The third kappa shape index (κ3) is 5.47. The zero-order chi connectivity index (χ0) is 16.4. The van der Waals surface area contributed by atoms with Crippen LogP contribution in [0.1, 0.15) is 18.1 Å². The van der Waals surface area contributed by atoms with Gasteiger partial charge in [-0.25, -0.2) is 8.42 Å². The summed E-state index contributed by atoms with van der Waals surface area (Å²) in [5.74, 6) is -0.903. The third-order valence-corrected chi connectivity index (χ3v) is 4.33. The van der Waals surface area contributed by atoms with Gasteiger partial charge in [0.25, 0.3) is 0 Å². The van der Waals surface area contributed by atoms with Gasteiger partial charge in [-0.3, -0.25) is 4.79 Å². The molecule has 0 aliphatic rings. The first-order chi connectivity index (χ1) is 9.45. The van der Waals surface area contributed by atoms with E-state index in [2.05, 4.69) is 5.32 Å². The molecule has 0 radical (unpaired) electrons. The number of rotatable bonds is 4. The highest BCUT2D eigenvalue weighted by Crippen LogP contribution is 2.32. The van der Waals surface area contributed by atoms with Crippen LogP contribution in [0.25, 0.3) is 0 Å². The SMILES string of the molecule is CC(C(=O)Nc1cc(CN)cc(C(F)(F)F)c1)S(C)(=O)=O.Cl. The standard InChI is InChI=1S/C12H15F3N2O3S.ClH/c1-7(21(2,19)20)11(18)17-10-4-8(6-16)3-9(5-10)12(13,14)15;/h3-5,7H,6,16H2,1-2H3,(H,17,18);1H. The topological polar surface area (TPSA) is 89.3 Å². The van der Waals surface area contributed by atoms with Crippen LogP contribution in [0, 0.1) is 0 Å². The summed E-state index contributed by atoms with van der Waals surface area (Å²) in [7, 11) is -3.64. The summed E-state index contributed by atoms with van der Waals surface area (Å²) in [5.41, 5.74) is 4.38. The summed E-state index contributed by atoms with van der Waals surface area (Å²) < 4.78 is 60.7. The van der Waals surface area contributed by atoms with Gasteiger partial charge in [0, 0.05) is 18.5 Å². The smallest absolute Gasteiger partial charge is 0.326 e. The van der Waals surface area contributed by atoms with Crippen molar-refractivity contribution in [3.63, 3.8) is 0 Å². The summed E-state index contributed by atoms with van der Waals surface area (Å²) in [6.07, 6.45) is -3.72. The molecule has 0 aromatic heterocycles. The lowest BCUT2D eigenvalue weighted by molar-refractivity contribution is -0.137. The number of alkyl halides is 3. The number of hydrogen-bond acceptors (Lipinski definition) is 4. The molecule has 126 valence electrons. The lowest BCUT2D eigenvalue weighted by Gasteiger charge is -2.14. The summed E-state index contributed by atoms with van der Waals surface area (Å²) in [6.45, 7) is 1.01. The fraction of sp³-hybridized carbons (Fsp3) is 0.417. The highest BCUT2D eigenvalue weighted by atomic mass is 35.5. The number of amides is 1. The highest BCUT2D eigenvalue weighted by Gasteiger charge is 2.31. The highest BCUT2D eigenvalue weighted by molar-refractivity contribution is 7.92. The number of nitrogens with one attached hydrogen (secondary N) is 1. The van der Waals surface area contributed by atoms with Crippen LogP contribution in [-0.4, -0.2) is 25.8 Å². The normalized spacial score (nSPS) is 13.2. The molecule has 0 spiro atoms. The minimum absolute atomic E-state index is 0. The van der Waals surface area contributed by atoms with E-state index in [4.69, 9.17) is 5.73 Å². The van der Waals surface area contributed by atoms with Crippen molar-refractivity contribution in [2.45, 2.75) is 24.9 Å². The summed E-state index contributed by atoms with van der Waals surface area (Å²) in [6, 6.07) is 2.86. The van der Waals surface area contributed by atoms with Gasteiger partial charge >= 0.3 is 6.18 Å². The van der Waals surface area contributed by atoms with Gasteiger partial charge in [0.05, 0.1) is 5.56 Å². The van der Waals surface area contributed by atoms with Crippen LogP contribution in [0.2, 0.25) is 0 Å². The lowest BCUT2D eigenvalue weighted by atomic mass is 10.1. The van der Waals surface area contributed by atoms with Crippen molar-refractivity contribution >= 4 is 33.8 Å². The molecular weight excluding hydrogens is 345 g/mol. The van der Waals surface area contributed by atoms with E-state index < -0.39 is 32.7 Å². The average Bonchev–Trinajstić information content (AvgIpc) is 2.35. The number of carbonyl (C=O) groups is 1. The first kappa shape index (κ1) is 20.7. The largest absolute Gasteiger partial charge is 0.416 e. The molecular formula is C12H16ClF3N2O3S. The Morgan fingerprint density at radius 1 is 1.32 bits per heavy atom. The Morgan fingerprint density at radius 3 is 2.27 bits per heavy atom. The maximum atomic E-state index is 12.7. The number of sulfone groups is 1. The molecule has 10 heteroatoms. The van der Waals surface area contributed by atoms with Crippen molar-refractivity contribution in [3.05, 3.63) is 29.3 Å². The fourth-order valence-corrected chi connectivity index (χ4v) is 1.93. The van der Waals surface area contributed by atoms with Gasteiger partial charge in [0.2, 0.25) is 5.91 Å². The quantitative estimate of drug-likeness (QED) is 0.859. The second-order valence-electron chi connectivity index (χ2n) is 4.58. The second-order valence-corrected chi connectivity index (χ2v) is 6.95. The minimum atomic E-state index is -4.59. The Bertz CT molecular complexity index is 648. The van der Waals surface area contributed by atoms with Crippen molar-refractivity contribution in [3.8, 4) is 0 Å². The van der Waals surface area contributed by atoms with Crippen LogP contribution in [0.5, 0.6) is 0 Å². The molecule has 0 aliphatic carbocycles. The lowest BCUT2D eigenvalue weighted by Crippen LogP contribution is -2.31. The molecule has 1 aromatic rings. The van der Waals surface area contributed by atoms with Gasteiger partial charge in [-0.15, -0.1) is 12.4 Å². The van der Waals surface area contributed by atoms with Crippen LogP contribution < -0.4 is 11.1 Å². The van der Waals surface area contributed by atoms with Crippen molar-refractivity contribution < 1.29 is 26.4 Å². The molecule has 22 heavy (non-hydrogen) atoms. The average molecular weight is 361 g/mol. The molecule has 0 fully saturated rings. The first-order valence-corrected chi connectivity index (χ1v) is 7.81. The molecule has 5 nitrogen and oxygen atoms in total. The monoisotopic (exact) mass is 360 g/mol. The maximum absolute atomic E-state index is 12.7. The van der Waals surface area contributed by atoms with E-state index in [-0.39, 0.29) is 30.2 Å². The number of hydrogen-bond donors (Lipinski definition) is 2. The maximum Gasteiger partial charge on any atom is 0.416 e. The number of nitrogens with two attached hydrogens (primary N) is 1. The van der Waals surface area contributed by atoms with Crippen LogP contribution in [0.15, 0.2) is 18.2 Å². The van der Waals surface area contributed by atoms with Crippen molar-refractivity contribution in [1.82, 2.24) is 0 Å². The number of benzene rings is 1. The van der Waals surface area contributed by atoms with Gasteiger partial charge in [0.15, 0.2) is 9.84 Å². The zero-order valence-corrected chi connectivity index (χ0v) is 13.4. The number of anilines is 1. The zero-order valence-electron chi connectivity index (χ0n) is 11.8. The van der Waals surface area contributed by atoms with E-state index in [1.54, 1.807) is 0 Å². The Kier molecular flexibility index (Phi) is 6.86. The second kappa shape index (κ2) is 7.30. The molecule has 0 heterocycles. The molecule has 1 amide bonds. The molecule has 1 unspecified atom stereocenters. The van der Waals surface area contributed by atoms with E-state index in [1.807, 2.05) is 0 Å². The van der Waals surface area contributed by atoms with Gasteiger partial charge in [0.1, 0.15) is 5.25 Å². The van der Waals surface area contributed by atoms with E-state index in [0.29, 0.717) is 0 Å². The predicted molar refractivity (Wildman–Crippen MR) is 79.5 cm³/mol. The van der Waals surface area contributed by atoms with Crippen molar-refractivity contribution in [2.24, 2.45) is 5.73 Å². The van der Waals surface area contributed by atoms with E-state index in [1.165, 1.54) is 6.07 Å². The Balaban J connectivity index is 0.00000441. The Hall–Kier alpha value is -1.32. The van der Waals surface area contributed by atoms with Gasteiger partial charge < -0.3 is 11.1 Å². The van der Waals surface area contributed by atoms with Crippen molar-refractivity contribution in [2.75, 3.05) is 11.6 Å². The van der Waals surface area contributed by atoms with Crippen LogP contribution in [0.4, 0.5) is 18.9 Å². The van der Waals surface area contributed by atoms with E-state index >= 15 is 0 Å². The predicted octanol–water partition coefficient (Wildman–Crippen LogP) is 1.96. The molecule has 1 rings (SSSR count). The Labute approximate surface area is 132 Å². The first-order valence-electron chi connectivity index (χ1n) is 5.86. The fourth-order valence-electron chi connectivity index (χ4n) is 1.48. The van der Waals surface area contributed by atoms with Gasteiger partial charge in [-0.05, 0) is 30.7 Å². The van der Waals surface area contributed by atoms with Gasteiger partial charge in [-0.2, -0.15) is 13.2 Å². The molecule has 3 N–H and O–H groups in total. The van der Waals surface area contributed by atoms with Crippen molar-refractivity contribution in [1.29, 1.82) is 0 Å². The molecule has 0 saturated heterocycles. The summed E-state index contributed by atoms with van der Waals surface area (Å²) in [5, 5.41) is 0.795. The number of carbonyl (C=O) groups excluding carboxylic acids is 1. The molecule has 1 aromatic carbocycles. The molecule has 1 atom stereocenters. The Morgan fingerprint density at radius 2 is 1.86 bits per heavy atom. The minimum Gasteiger partial charge on any atom is -0.326 e. The molecule has 0 bridgehead atoms. The summed E-state index contributed by atoms with van der Waals surface area (Å²) >= 11 is 0. The number of halogens is 4. The van der Waals surface area contributed by atoms with Crippen LogP contribution in [0.3, 0.4) is 0 Å². The van der Waals surface area contributed by atoms with E-state index in [9.17, 15) is 26.4 Å². The van der Waals surface area contributed by atoms with Gasteiger partial charge in [-0.1, -0.05) is 0 Å². The summed E-state index contributed by atoms with van der Waals surface area (Å²) in [4.78, 5) is 11.7. The molecule has 0 aliphatic heterocycles. The third-order valence-electron chi connectivity index (χ3n) is 2.83. The van der Waals surface area contributed by atoms with Crippen LogP contribution >= 0.6 is 12.4 Å².